The molecule has 1 aromatic heterocycles. The lowest BCUT2D eigenvalue weighted by molar-refractivity contribution is 0.292. The Morgan fingerprint density at radius 3 is 2.62 bits per heavy atom. The molecule has 1 heterocycles. The van der Waals surface area contributed by atoms with Gasteiger partial charge in [0, 0.05) is 13.2 Å². The second-order valence-electron chi connectivity index (χ2n) is 2.81. The molecular formula is C8H14N4O. The third-order valence-corrected chi connectivity index (χ3v) is 1.71. The fourth-order valence-corrected chi connectivity index (χ4v) is 0.811. The van der Waals surface area contributed by atoms with Crippen molar-refractivity contribution in [1.82, 2.24) is 15.2 Å². The second-order valence-corrected chi connectivity index (χ2v) is 2.81. The summed E-state index contributed by atoms with van der Waals surface area (Å²) in [5, 5.41) is 19.3. The van der Waals surface area contributed by atoms with Crippen LogP contribution in [0.2, 0.25) is 0 Å². The van der Waals surface area contributed by atoms with Crippen LogP contribution < -0.4 is 5.32 Å². The number of aliphatic hydroxyl groups is 1. The van der Waals surface area contributed by atoms with Gasteiger partial charge < -0.3 is 10.4 Å². The van der Waals surface area contributed by atoms with Gasteiger partial charge in [0.2, 0.25) is 5.95 Å². The van der Waals surface area contributed by atoms with E-state index in [2.05, 4.69) is 20.5 Å². The smallest absolute Gasteiger partial charge is 0.242 e. The van der Waals surface area contributed by atoms with Crippen LogP contribution in [-0.2, 0) is 0 Å². The standard InChI is InChI=1S/C8H14N4O/c1-6-7(2)11-12-8(10-6)9-4-3-5-13/h13H,3-5H2,1-2H3,(H,9,10,12). The van der Waals surface area contributed by atoms with Crippen LogP contribution >= 0.6 is 0 Å². The molecule has 0 aromatic carbocycles. The zero-order valence-corrected chi connectivity index (χ0v) is 7.91. The fourth-order valence-electron chi connectivity index (χ4n) is 0.811. The molecular weight excluding hydrogens is 168 g/mol. The van der Waals surface area contributed by atoms with E-state index in [4.69, 9.17) is 5.11 Å². The van der Waals surface area contributed by atoms with E-state index in [0.717, 1.165) is 11.4 Å². The Balaban J connectivity index is 2.53. The Morgan fingerprint density at radius 1 is 1.23 bits per heavy atom. The minimum absolute atomic E-state index is 0.172. The average molecular weight is 182 g/mol. The van der Waals surface area contributed by atoms with Crippen molar-refractivity contribution in [1.29, 1.82) is 0 Å². The van der Waals surface area contributed by atoms with Gasteiger partial charge in [-0.15, -0.1) is 5.10 Å². The van der Waals surface area contributed by atoms with Crippen LogP contribution in [0.25, 0.3) is 0 Å². The molecule has 0 amide bonds. The van der Waals surface area contributed by atoms with E-state index < -0.39 is 0 Å². The third kappa shape index (κ3) is 2.95. The second kappa shape index (κ2) is 4.71. The quantitative estimate of drug-likeness (QED) is 0.654. The number of aliphatic hydroxyl groups excluding tert-OH is 1. The normalized spacial score (nSPS) is 10.1. The largest absolute Gasteiger partial charge is 0.396 e. The maximum atomic E-state index is 8.55. The molecule has 0 atom stereocenters. The Morgan fingerprint density at radius 2 is 2.00 bits per heavy atom. The van der Waals surface area contributed by atoms with Crippen molar-refractivity contribution in [3.05, 3.63) is 11.4 Å². The number of nitrogens with zero attached hydrogens (tertiary/aromatic N) is 3. The van der Waals surface area contributed by atoms with Crippen molar-refractivity contribution in [3.63, 3.8) is 0 Å². The highest BCUT2D eigenvalue weighted by Gasteiger charge is 1.99. The highest BCUT2D eigenvalue weighted by Crippen LogP contribution is 2.01. The molecule has 5 nitrogen and oxygen atoms in total. The van der Waals surface area contributed by atoms with Crippen LogP contribution in [0.15, 0.2) is 0 Å². The van der Waals surface area contributed by atoms with Gasteiger partial charge in [-0.3, -0.25) is 0 Å². The number of aromatic nitrogens is 3. The van der Waals surface area contributed by atoms with Gasteiger partial charge in [0.05, 0.1) is 11.4 Å². The fraction of sp³-hybridized carbons (Fsp3) is 0.625. The van der Waals surface area contributed by atoms with E-state index >= 15 is 0 Å². The molecule has 0 bridgehead atoms. The molecule has 0 saturated carbocycles. The van der Waals surface area contributed by atoms with Crippen molar-refractivity contribution < 1.29 is 5.11 Å². The van der Waals surface area contributed by atoms with Gasteiger partial charge >= 0.3 is 0 Å². The summed E-state index contributed by atoms with van der Waals surface area (Å²) in [6.07, 6.45) is 0.691. The Hall–Kier alpha value is -1.23. The maximum absolute atomic E-state index is 8.55. The molecule has 0 aliphatic heterocycles. The molecule has 13 heavy (non-hydrogen) atoms. The first-order valence-electron chi connectivity index (χ1n) is 4.26. The highest BCUT2D eigenvalue weighted by atomic mass is 16.3. The molecule has 0 unspecified atom stereocenters. The SMILES string of the molecule is Cc1nnc(NCCCO)nc1C. The first-order valence-corrected chi connectivity index (χ1v) is 4.26. The minimum Gasteiger partial charge on any atom is -0.396 e. The summed E-state index contributed by atoms with van der Waals surface area (Å²) in [5.74, 6) is 0.525. The van der Waals surface area contributed by atoms with E-state index in [1.807, 2.05) is 13.8 Å². The van der Waals surface area contributed by atoms with Gasteiger partial charge in [-0.2, -0.15) is 5.10 Å². The summed E-state index contributed by atoms with van der Waals surface area (Å²) in [4.78, 5) is 4.18. The molecule has 0 radical (unpaired) electrons. The van der Waals surface area contributed by atoms with Crippen LogP contribution in [0.4, 0.5) is 5.95 Å². The van der Waals surface area contributed by atoms with E-state index in [1.54, 1.807) is 0 Å². The molecule has 0 spiro atoms. The zero-order chi connectivity index (χ0) is 9.68. The summed E-state index contributed by atoms with van der Waals surface area (Å²) < 4.78 is 0. The van der Waals surface area contributed by atoms with Crippen LogP contribution in [0, 0.1) is 13.8 Å². The Bertz CT molecular complexity index is 277. The molecule has 2 N–H and O–H groups in total. The zero-order valence-electron chi connectivity index (χ0n) is 7.91. The predicted octanol–water partition coefficient (Wildman–Crippen LogP) is 0.283. The number of hydrogen-bond donors (Lipinski definition) is 2. The molecule has 5 heteroatoms. The van der Waals surface area contributed by atoms with Crippen molar-refractivity contribution in [3.8, 4) is 0 Å². The molecule has 0 fully saturated rings. The van der Waals surface area contributed by atoms with Gasteiger partial charge in [0.1, 0.15) is 0 Å². The molecule has 72 valence electrons. The number of rotatable bonds is 4. The summed E-state index contributed by atoms with van der Waals surface area (Å²) in [6.45, 7) is 4.60. The minimum atomic E-state index is 0.172. The van der Waals surface area contributed by atoms with Crippen molar-refractivity contribution in [2.24, 2.45) is 0 Å². The van der Waals surface area contributed by atoms with Gasteiger partial charge in [0.25, 0.3) is 0 Å². The molecule has 0 aliphatic carbocycles. The lowest BCUT2D eigenvalue weighted by Gasteiger charge is -2.03. The predicted molar refractivity (Wildman–Crippen MR) is 49.5 cm³/mol. The summed E-state index contributed by atoms with van der Waals surface area (Å²) >= 11 is 0. The summed E-state index contributed by atoms with van der Waals surface area (Å²) in [5.41, 5.74) is 1.72. The van der Waals surface area contributed by atoms with Crippen molar-refractivity contribution in [2.45, 2.75) is 20.3 Å². The topological polar surface area (TPSA) is 70.9 Å². The lowest BCUT2D eigenvalue weighted by Crippen LogP contribution is -2.09. The third-order valence-electron chi connectivity index (χ3n) is 1.71. The first kappa shape index (κ1) is 9.85. The van der Waals surface area contributed by atoms with Crippen LogP contribution in [0.5, 0.6) is 0 Å². The monoisotopic (exact) mass is 182 g/mol. The summed E-state index contributed by atoms with van der Waals surface area (Å²) in [6, 6.07) is 0. The molecule has 1 rings (SSSR count). The van der Waals surface area contributed by atoms with Gasteiger partial charge in [0.15, 0.2) is 0 Å². The number of hydrogen-bond acceptors (Lipinski definition) is 5. The van der Waals surface area contributed by atoms with Crippen LogP contribution in [-0.4, -0.2) is 33.4 Å². The van der Waals surface area contributed by atoms with Crippen LogP contribution in [0.1, 0.15) is 17.8 Å². The number of nitrogens with one attached hydrogen (secondary N) is 1. The first-order chi connectivity index (χ1) is 6.24. The summed E-state index contributed by atoms with van der Waals surface area (Å²) in [7, 11) is 0. The Labute approximate surface area is 77.2 Å². The highest BCUT2D eigenvalue weighted by molar-refractivity contribution is 5.24. The lowest BCUT2D eigenvalue weighted by atomic mass is 10.4. The van der Waals surface area contributed by atoms with Gasteiger partial charge in [-0.05, 0) is 20.3 Å². The molecule has 1 aromatic rings. The average Bonchev–Trinajstić information content (AvgIpc) is 2.12. The van der Waals surface area contributed by atoms with Gasteiger partial charge in [-0.25, -0.2) is 4.98 Å². The molecule has 0 aliphatic rings. The van der Waals surface area contributed by atoms with Crippen molar-refractivity contribution in [2.75, 3.05) is 18.5 Å². The Kier molecular flexibility index (Phi) is 3.57. The van der Waals surface area contributed by atoms with Gasteiger partial charge in [-0.1, -0.05) is 0 Å². The van der Waals surface area contributed by atoms with E-state index in [9.17, 15) is 0 Å². The number of aryl methyl sites for hydroxylation is 2. The van der Waals surface area contributed by atoms with E-state index in [0.29, 0.717) is 18.9 Å². The molecule has 0 saturated heterocycles. The maximum Gasteiger partial charge on any atom is 0.242 e. The van der Waals surface area contributed by atoms with Crippen LogP contribution in [0.3, 0.4) is 0 Å². The van der Waals surface area contributed by atoms with E-state index in [1.165, 1.54) is 0 Å². The van der Waals surface area contributed by atoms with E-state index in [-0.39, 0.29) is 6.61 Å². The van der Waals surface area contributed by atoms with Crippen molar-refractivity contribution >= 4 is 5.95 Å². The number of anilines is 1.